The van der Waals surface area contributed by atoms with E-state index in [1.807, 2.05) is 26.0 Å². The van der Waals surface area contributed by atoms with Crippen LogP contribution in [0.3, 0.4) is 0 Å². The first-order chi connectivity index (χ1) is 15.2. The first-order valence-electron chi connectivity index (χ1n) is 10.5. The first-order valence-corrected chi connectivity index (χ1v) is 10.9. The van der Waals surface area contributed by atoms with Crippen molar-refractivity contribution in [1.29, 1.82) is 0 Å². The smallest absolute Gasteiger partial charge is 0.329 e. The number of carbonyl (C=O) groups excluding carboxylic acids is 4. The lowest BCUT2D eigenvalue weighted by Crippen LogP contribution is -2.47. The minimum atomic E-state index is -1.05. The number of carbonyl (C=O) groups is 4. The van der Waals surface area contributed by atoms with Crippen molar-refractivity contribution >= 4 is 41.0 Å². The van der Waals surface area contributed by atoms with E-state index in [9.17, 15) is 19.2 Å². The van der Waals surface area contributed by atoms with Gasteiger partial charge in [-0.05, 0) is 43.4 Å². The third kappa shape index (κ3) is 5.12. The number of rotatable bonds is 8. The van der Waals surface area contributed by atoms with Gasteiger partial charge < -0.3 is 14.8 Å². The minimum Gasteiger partial charge on any atom is -0.495 e. The summed E-state index contributed by atoms with van der Waals surface area (Å²) >= 11 is 6.05. The van der Waals surface area contributed by atoms with Gasteiger partial charge in [0.2, 0.25) is 11.8 Å². The number of fused-ring (bicyclic) bond motifs is 1. The summed E-state index contributed by atoms with van der Waals surface area (Å²) in [6, 6.07) is 3.66. The highest BCUT2D eigenvalue weighted by molar-refractivity contribution is 6.32. The lowest BCUT2D eigenvalue weighted by molar-refractivity contribution is -0.160. The van der Waals surface area contributed by atoms with Gasteiger partial charge in [-0.25, -0.2) is 4.79 Å². The number of allylic oxidation sites excluding steroid dienone is 2. The summed E-state index contributed by atoms with van der Waals surface area (Å²) < 4.78 is 10.3. The Labute approximate surface area is 191 Å². The van der Waals surface area contributed by atoms with E-state index in [0.29, 0.717) is 29.3 Å². The minimum absolute atomic E-state index is 0.0316. The van der Waals surface area contributed by atoms with Crippen molar-refractivity contribution in [3.63, 3.8) is 0 Å². The van der Waals surface area contributed by atoms with Crippen LogP contribution >= 0.6 is 11.6 Å². The van der Waals surface area contributed by atoms with Crippen LogP contribution in [0.15, 0.2) is 30.4 Å². The van der Waals surface area contributed by atoms with E-state index >= 15 is 0 Å². The Morgan fingerprint density at radius 2 is 1.78 bits per heavy atom. The van der Waals surface area contributed by atoms with Gasteiger partial charge in [0.25, 0.3) is 5.91 Å². The second-order valence-corrected chi connectivity index (χ2v) is 8.76. The first kappa shape index (κ1) is 23.8. The highest BCUT2D eigenvalue weighted by Gasteiger charge is 2.51. The molecule has 0 bridgehead atoms. The number of methoxy groups -OCH3 is 1. The van der Waals surface area contributed by atoms with Gasteiger partial charge in [-0.2, -0.15) is 0 Å². The Morgan fingerprint density at radius 3 is 2.31 bits per heavy atom. The number of benzene rings is 1. The number of ether oxygens (including phenoxy) is 2. The molecule has 172 valence electrons. The Hall–Kier alpha value is -2.87. The Morgan fingerprint density at radius 1 is 1.16 bits per heavy atom. The van der Waals surface area contributed by atoms with Crippen LogP contribution < -0.4 is 10.1 Å². The van der Waals surface area contributed by atoms with Crippen LogP contribution in [0.5, 0.6) is 5.75 Å². The zero-order chi connectivity index (χ0) is 23.4. The van der Waals surface area contributed by atoms with Crippen LogP contribution in [0.4, 0.5) is 5.69 Å². The van der Waals surface area contributed by atoms with E-state index in [2.05, 4.69) is 5.32 Å². The van der Waals surface area contributed by atoms with Crippen LogP contribution in [0.2, 0.25) is 5.02 Å². The van der Waals surface area contributed by atoms with Crippen LogP contribution in [-0.2, 0) is 23.9 Å². The standard InChI is InChI=1S/C23H27ClN2O6/c1-13(2)10-18(26-21(28)15-6-4-5-7-16(15)22(26)29)23(30)32-12-20(27)25-14-8-9-19(31-3)17(24)11-14/h4-5,8-9,11,13,15-16,18H,6-7,10,12H2,1-3H3,(H,25,27)/t15-,16-,18-/m0/s1. The van der Waals surface area contributed by atoms with E-state index < -0.39 is 36.4 Å². The number of hydrogen-bond donors (Lipinski definition) is 1. The van der Waals surface area contributed by atoms with Crippen LogP contribution in [0.1, 0.15) is 33.1 Å². The average molecular weight is 463 g/mol. The summed E-state index contributed by atoms with van der Waals surface area (Å²) in [6.07, 6.45) is 5.02. The molecule has 1 N–H and O–H groups in total. The quantitative estimate of drug-likeness (QED) is 0.361. The largest absolute Gasteiger partial charge is 0.495 e. The molecule has 0 radical (unpaired) electrons. The molecule has 3 amide bonds. The molecule has 2 aliphatic rings. The van der Waals surface area contributed by atoms with E-state index in [0.717, 1.165) is 4.90 Å². The van der Waals surface area contributed by atoms with E-state index in [1.165, 1.54) is 13.2 Å². The van der Waals surface area contributed by atoms with Crippen molar-refractivity contribution in [2.24, 2.45) is 17.8 Å². The second-order valence-electron chi connectivity index (χ2n) is 8.35. The summed E-state index contributed by atoms with van der Waals surface area (Å²) in [5.74, 6) is -2.40. The normalized spacial score (nSPS) is 20.8. The maximum atomic E-state index is 12.9. The fourth-order valence-corrected chi connectivity index (χ4v) is 4.32. The van der Waals surface area contributed by atoms with Gasteiger partial charge in [0.05, 0.1) is 24.0 Å². The molecule has 1 aliphatic carbocycles. The number of imide groups is 1. The molecule has 0 spiro atoms. The SMILES string of the molecule is COc1ccc(NC(=O)COC(=O)[C@H](CC(C)C)N2C(=O)[C@H]3CC=CC[C@@H]3C2=O)cc1Cl. The molecule has 32 heavy (non-hydrogen) atoms. The zero-order valence-electron chi connectivity index (χ0n) is 18.3. The van der Waals surface area contributed by atoms with Crippen LogP contribution in [0.25, 0.3) is 0 Å². The van der Waals surface area contributed by atoms with Gasteiger partial charge in [0.15, 0.2) is 6.61 Å². The van der Waals surface area contributed by atoms with Crippen molar-refractivity contribution < 1.29 is 28.7 Å². The summed E-state index contributed by atoms with van der Waals surface area (Å²) in [4.78, 5) is 52.0. The molecule has 0 unspecified atom stereocenters. The van der Waals surface area contributed by atoms with E-state index in [4.69, 9.17) is 21.1 Å². The van der Waals surface area contributed by atoms with Crippen LogP contribution in [0, 0.1) is 17.8 Å². The van der Waals surface area contributed by atoms with Crippen molar-refractivity contribution in [2.75, 3.05) is 19.0 Å². The molecular weight excluding hydrogens is 436 g/mol. The third-order valence-corrected chi connectivity index (χ3v) is 5.90. The molecule has 1 aliphatic heterocycles. The fourth-order valence-electron chi connectivity index (χ4n) is 4.06. The van der Waals surface area contributed by atoms with E-state index in [-0.39, 0.29) is 24.2 Å². The van der Waals surface area contributed by atoms with E-state index in [1.54, 1.807) is 12.1 Å². The number of nitrogens with one attached hydrogen (secondary N) is 1. The monoisotopic (exact) mass is 462 g/mol. The molecule has 8 nitrogen and oxygen atoms in total. The van der Waals surface area contributed by atoms with Gasteiger partial charge in [0, 0.05) is 5.69 Å². The molecule has 1 saturated heterocycles. The highest BCUT2D eigenvalue weighted by Crippen LogP contribution is 2.37. The molecular formula is C23H27ClN2O6. The van der Waals surface area contributed by atoms with Gasteiger partial charge in [-0.15, -0.1) is 0 Å². The van der Waals surface area contributed by atoms with Crippen LogP contribution in [-0.4, -0.2) is 48.3 Å². The summed E-state index contributed by atoms with van der Waals surface area (Å²) in [7, 11) is 1.48. The number of hydrogen-bond acceptors (Lipinski definition) is 6. The predicted octanol–water partition coefficient (Wildman–Crippen LogP) is 3.20. The van der Waals surface area contributed by atoms with Crippen molar-refractivity contribution in [2.45, 2.75) is 39.2 Å². The molecule has 1 fully saturated rings. The fraction of sp³-hybridized carbons (Fsp3) is 0.478. The Kier molecular flexibility index (Phi) is 7.56. The molecule has 3 rings (SSSR count). The molecule has 3 atom stereocenters. The van der Waals surface area contributed by atoms with Crippen molar-refractivity contribution in [3.05, 3.63) is 35.4 Å². The molecule has 1 aromatic carbocycles. The number of amides is 3. The lowest BCUT2D eigenvalue weighted by Gasteiger charge is -2.26. The number of anilines is 1. The molecule has 9 heteroatoms. The zero-order valence-corrected chi connectivity index (χ0v) is 19.1. The van der Waals surface area contributed by atoms with Crippen molar-refractivity contribution in [3.8, 4) is 5.75 Å². The third-order valence-electron chi connectivity index (χ3n) is 5.60. The van der Waals surface area contributed by atoms with Gasteiger partial charge in [-0.3, -0.25) is 19.3 Å². The maximum Gasteiger partial charge on any atom is 0.329 e. The predicted molar refractivity (Wildman–Crippen MR) is 118 cm³/mol. The molecule has 1 heterocycles. The number of halogens is 1. The number of likely N-dealkylation sites (tertiary alicyclic amines) is 1. The summed E-state index contributed by atoms with van der Waals surface area (Å²) in [6.45, 7) is 3.22. The van der Waals surface area contributed by atoms with Gasteiger partial charge in [0.1, 0.15) is 11.8 Å². The van der Waals surface area contributed by atoms with Gasteiger partial charge >= 0.3 is 5.97 Å². The highest BCUT2D eigenvalue weighted by atomic mass is 35.5. The topological polar surface area (TPSA) is 102 Å². The maximum absolute atomic E-state index is 12.9. The average Bonchev–Trinajstić information content (AvgIpc) is 3.01. The molecule has 0 aromatic heterocycles. The molecule has 0 saturated carbocycles. The summed E-state index contributed by atoms with van der Waals surface area (Å²) in [5, 5.41) is 2.91. The number of nitrogens with zero attached hydrogens (tertiary/aromatic N) is 1. The lowest BCUT2D eigenvalue weighted by atomic mass is 9.85. The molecule has 1 aromatic rings. The Balaban J connectivity index is 1.65. The Bertz CT molecular complexity index is 918. The van der Waals surface area contributed by atoms with Crippen molar-refractivity contribution in [1.82, 2.24) is 4.90 Å². The number of esters is 1. The second kappa shape index (κ2) is 10.2. The van der Waals surface area contributed by atoms with Gasteiger partial charge in [-0.1, -0.05) is 37.6 Å². The summed E-state index contributed by atoms with van der Waals surface area (Å²) in [5.41, 5.74) is 0.414.